The van der Waals surface area contributed by atoms with Crippen LogP contribution in [0.25, 0.3) is 11.4 Å². The third kappa shape index (κ3) is 4.54. The van der Waals surface area contributed by atoms with Crippen molar-refractivity contribution in [2.24, 2.45) is 0 Å². The Bertz CT molecular complexity index is 886. The quantitative estimate of drug-likeness (QED) is 0.625. The van der Waals surface area contributed by atoms with Gasteiger partial charge in [-0.25, -0.2) is 0 Å². The molecule has 10 heteroatoms. The van der Waals surface area contributed by atoms with E-state index < -0.39 is 18.0 Å². The smallest absolute Gasteiger partial charge is 0.307 e. The van der Waals surface area contributed by atoms with E-state index in [-0.39, 0.29) is 18.7 Å². The van der Waals surface area contributed by atoms with Crippen LogP contribution in [0.2, 0.25) is 0 Å². The molecule has 0 aliphatic carbocycles. The van der Waals surface area contributed by atoms with Gasteiger partial charge in [0.2, 0.25) is 17.6 Å². The molecule has 136 valence electrons. The maximum Gasteiger partial charge on any atom is 0.307 e. The molecule has 0 radical (unpaired) electrons. The molecule has 3 heterocycles. The zero-order valence-electron chi connectivity index (χ0n) is 14.1. The predicted molar refractivity (Wildman–Crippen MR) is 91.4 cm³/mol. The molecule has 1 atom stereocenters. The first-order valence-corrected chi connectivity index (χ1v) is 8.74. The minimum absolute atomic E-state index is 0.0182. The summed E-state index contributed by atoms with van der Waals surface area (Å²) in [5.74, 6) is -0.0481. The summed E-state index contributed by atoms with van der Waals surface area (Å²) in [5, 5.41) is 13.8. The third-order valence-electron chi connectivity index (χ3n) is 3.34. The molecule has 0 aliphatic rings. The van der Waals surface area contributed by atoms with Crippen LogP contribution in [0.1, 0.15) is 24.9 Å². The number of ether oxygens (including phenoxy) is 1. The van der Waals surface area contributed by atoms with E-state index in [1.165, 1.54) is 18.3 Å². The molecule has 1 unspecified atom stereocenters. The summed E-state index contributed by atoms with van der Waals surface area (Å²) < 4.78 is 15.1. The molecular weight excluding hydrogens is 360 g/mol. The minimum atomic E-state index is -0.975. The van der Waals surface area contributed by atoms with Crippen molar-refractivity contribution in [3.63, 3.8) is 0 Å². The summed E-state index contributed by atoms with van der Waals surface area (Å²) in [6.07, 6.45) is -0.729. The second-order valence-electron chi connectivity index (χ2n) is 5.48. The molecular formula is C16H16N4O5S. The molecule has 0 saturated carbocycles. The van der Waals surface area contributed by atoms with Gasteiger partial charge in [-0.05, 0) is 25.3 Å². The Hall–Kier alpha value is -3.01. The van der Waals surface area contributed by atoms with Crippen LogP contribution in [0.5, 0.6) is 0 Å². The van der Waals surface area contributed by atoms with E-state index in [0.717, 1.165) is 5.56 Å². The first kappa shape index (κ1) is 17.8. The zero-order chi connectivity index (χ0) is 18.5. The molecule has 1 N–H and O–H groups in total. The summed E-state index contributed by atoms with van der Waals surface area (Å²) in [6, 6.07) is 3.44. The van der Waals surface area contributed by atoms with Crippen LogP contribution in [0, 0.1) is 6.92 Å². The number of thiophene rings is 1. The van der Waals surface area contributed by atoms with Crippen molar-refractivity contribution in [3.05, 3.63) is 34.5 Å². The van der Waals surface area contributed by atoms with E-state index in [1.807, 2.05) is 16.8 Å². The fraction of sp³-hybridized carbons (Fsp3) is 0.312. The fourth-order valence-electron chi connectivity index (χ4n) is 2.03. The average Bonchev–Trinajstić information content (AvgIpc) is 3.34. The SMILES string of the molecule is Cc1cc(NC(=O)C(C)OC(=O)CCc2nc(-c3ccsc3)no2)on1. The molecule has 0 saturated heterocycles. The van der Waals surface area contributed by atoms with Crippen LogP contribution in [-0.4, -0.2) is 33.3 Å². The number of anilines is 1. The second-order valence-corrected chi connectivity index (χ2v) is 6.26. The third-order valence-corrected chi connectivity index (χ3v) is 4.03. The standard InChI is InChI=1S/C16H16N4O5S/c1-9-7-13(25-19-9)18-16(22)10(2)23-14(21)4-3-12-17-15(20-24-12)11-5-6-26-8-11/h5-8,10H,3-4H2,1-2H3,(H,18,22). The lowest BCUT2D eigenvalue weighted by Gasteiger charge is -2.11. The molecule has 3 aromatic heterocycles. The van der Waals surface area contributed by atoms with Crippen molar-refractivity contribution < 1.29 is 23.4 Å². The highest BCUT2D eigenvalue weighted by molar-refractivity contribution is 7.08. The molecule has 26 heavy (non-hydrogen) atoms. The first-order chi connectivity index (χ1) is 12.5. The summed E-state index contributed by atoms with van der Waals surface area (Å²) in [6.45, 7) is 3.20. The van der Waals surface area contributed by atoms with E-state index in [9.17, 15) is 9.59 Å². The summed E-state index contributed by atoms with van der Waals surface area (Å²) in [4.78, 5) is 28.1. The van der Waals surface area contributed by atoms with Crippen molar-refractivity contribution in [2.75, 3.05) is 5.32 Å². The van der Waals surface area contributed by atoms with Crippen molar-refractivity contribution in [2.45, 2.75) is 32.8 Å². The van der Waals surface area contributed by atoms with E-state index in [2.05, 4.69) is 20.6 Å². The summed E-state index contributed by atoms with van der Waals surface area (Å²) in [5.41, 5.74) is 1.49. The first-order valence-electron chi connectivity index (χ1n) is 7.80. The van der Waals surface area contributed by atoms with Crippen LogP contribution in [0.3, 0.4) is 0 Å². The molecule has 0 aromatic carbocycles. The van der Waals surface area contributed by atoms with Gasteiger partial charge >= 0.3 is 5.97 Å². The molecule has 9 nitrogen and oxygen atoms in total. The van der Waals surface area contributed by atoms with Crippen LogP contribution in [-0.2, 0) is 20.7 Å². The monoisotopic (exact) mass is 376 g/mol. The number of aryl methyl sites for hydroxylation is 2. The number of carbonyl (C=O) groups excluding carboxylic acids is 2. The van der Waals surface area contributed by atoms with E-state index in [4.69, 9.17) is 13.8 Å². The Morgan fingerprint density at radius 3 is 2.88 bits per heavy atom. The highest BCUT2D eigenvalue weighted by Gasteiger charge is 2.20. The molecule has 3 aromatic rings. The number of hydrogen-bond donors (Lipinski definition) is 1. The summed E-state index contributed by atoms with van der Waals surface area (Å²) >= 11 is 1.53. The van der Waals surface area contributed by atoms with Gasteiger partial charge in [0.05, 0.1) is 12.1 Å². The van der Waals surface area contributed by atoms with Gasteiger partial charge in [0.1, 0.15) is 0 Å². The topological polar surface area (TPSA) is 120 Å². The molecule has 1 amide bonds. The van der Waals surface area contributed by atoms with Crippen LogP contribution >= 0.6 is 11.3 Å². The van der Waals surface area contributed by atoms with Crippen molar-refractivity contribution >= 4 is 29.1 Å². The number of nitrogens with one attached hydrogen (secondary N) is 1. The number of nitrogens with zero attached hydrogens (tertiary/aromatic N) is 3. The van der Waals surface area contributed by atoms with E-state index in [0.29, 0.717) is 17.4 Å². The van der Waals surface area contributed by atoms with Gasteiger partial charge in [-0.15, -0.1) is 0 Å². The largest absolute Gasteiger partial charge is 0.453 e. The van der Waals surface area contributed by atoms with Crippen molar-refractivity contribution in [3.8, 4) is 11.4 Å². The molecule has 0 spiro atoms. The lowest BCUT2D eigenvalue weighted by atomic mass is 10.3. The highest BCUT2D eigenvalue weighted by atomic mass is 32.1. The fourth-order valence-corrected chi connectivity index (χ4v) is 2.66. The Morgan fingerprint density at radius 1 is 1.35 bits per heavy atom. The maximum absolute atomic E-state index is 12.0. The minimum Gasteiger partial charge on any atom is -0.453 e. The van der Waals surface area contributed by atoms with E-state index >= 15 is 0 Å². The molecule has 0 bridgehead atoms. The number of carbonyl (C=O) groups is 2. The van der Waals surface area contributed by atoms with Crippen LogP contribution in [0.4, 0.5) is 5.88 Å². The molecule has 0 aliphatic heterocycles. The second kappa shape index (κ2) is 7.91. The Labute approximate surface area is 152 Å². The van der Waals surface area contributed by atoms with Crippen molar-refractivity contribution in [1.82, 2.24) is 15.3 Å². The zero-order valence-corrected chi connectivity index (χ0v) is 14.9. The van der Waals surface area contributed by atoms with Gasteiger partial charge < -0.3 is 13.8 Å². The van der Waals surface area contributed by atoms with Crippen LogP contribution in [0.15, 0.2) is 31.9 Å². The van der Waals surface area contributed by atoms with Gasteiger partial charge in [-0.3, -0.25) is 14.9 Å². The van der Waals surface area contributed by atoms with Gasteiger partial charge in [0.25, 0.3) is 5.91 Å². The number of amides is 1. The molecule has 3 rings (SSSR count). The number of esters is 1. The molecule has 0 fully saturated rings. The normalized spacial score (nSPS) is 11.9. The van der Waals surface area contributed by atoms with Crippen LogP contribution < -0.4 is 5.32 Å². The Kier molecular flexibility index (Phi) is 5.42. The number of rotatable bonds is 7. The highest BCUT2D eigenvalue weighted by Crippen LogP contribution is 2.19. The van der Waals surface area contributed by atoms with Gasteiger partial charge in [-0.2, -0.15) is 16.3 Å². The number of aromatic nitrogens is 3. The average molecular weight is 376 g/mol. The Morgan fingerprint density at radius 2 is 2.19 bits per heavy atom. The lowest BCUT2D eigenvalue weighted by molar-refractivity contribution is -0.153. The Balaban J connectivity index is 1.45. The predicted octanol–water partition coefficient (Wildman–Crippen LogP) is 2.60. The number of hydrogen-bond acceptors (Lipinski definition) is 9. The van der Waals surface area contributed by atoms with Crippen molar-refractivity contribution in [1.29, 1.82) is 0 Å². The lowest BCUT2D eigenvalue weighted by Crippen LogP contribution is -2.29. The van der Waals surface area contributed by atoms with Gasteiger partial charge in [-0.1, -0.05) is 10.3 Å². The van der Waals surface area contributed by atoms with E-state index in [1.54, 1.807) is 13.0 Å². The summed E-state index contributed by atoms with van der Waals surface area (Å²) in [7, 11) is 0. The maximum atomic E-state index is 12.0. The van der Waals surface area contributed by atoms with Gasteiger partial charge in [0.15, 0.2) is 6.10 Å². The van der Waals surface area contributed by atoms with Gasteiger partial charge in [0, 0.05) is 23.4 Å².